The van der Waals surface area contributed by atoms with Crippen molar-refractivity contribution in [1.82, 2.24) is 25.3 Å². The predicted molar refractivity (Wildman–Crippen MR) is 136 cm³/mol. The van der Waals surface area contributed by atoms with Crippen LogP contribution in [-0.2, 0) is 6.42 Å². The minimum absolute atomic E-state index is 0.0959. The number of carbonyl (C=O) groups excluding carboxylic acids is 2. The van der Waals surface area contributed by atoms with E-state index in [2.05, 4.69) is 25.7 Å². The van der Waals surface area contributed by atoms with E-state index in [1.807, 2.05) is 12.1 Å². The van der Waals surface area contributed by atoms with E-state index >= 15 is 0 Å². The Balaban J connectivity index is 1.25. The molecule has 1 fully saturated rings. The Bertz CT molecular complexity index is 1160. The summed E-state index contributed by atoms with van der Waals surface area (Å²) in [6.07, 6.45) is 2.91. The number of rotatable bonds is 10. The van der Waals surface area contributed by atoms with Crippen LogP contribution >= 0.6 is 0 Å². The van der Waals surface area contributed by atoms with Crippen LogP contribution in [-0.4, -0.2) is 78.8 Å². The van der Waals surface area contributed by atoms with Crippen LogP contribution in [0.15, 0.2) is 53.1 Å². The summed E-state index contributed by atoms with van der Waals surface area (Å²) >= 11 is 0. The van der Waals surface area contributed by atoms with Gasteiger partial charge in [0.1, 0.15) is 5.75 Å². The lowest BCUT2D eigenvalue weighted by atomic mass is 10.1. The van der Waals surface area contributed by atoms with Gasteiger partial charge in [0.2, 0.25) is 0 Å². The van der Waals surface area contributed by atoms with Gasteiger partial charge >= 0.3 is 6.03 Å². The minimum atomic E-state index is -0.266. The maximum atomic E-state index is 12.5. The molecule has 2 heterocycles. The van der Waals surface area contributed by atoms with Gasteiger partial charge in [0.05, 0.1) is 12.8 Å². The first kappa shape index (κ1) is 25.2. The molecule has 36 heavy (non-hydrogen) atoms. The Morgan fingerprint density at radius 3 is 2.61 bits per heavy atom. The van der Waals surface area contributed by atoms with Crippen molar-refractivity contribution >= 4 is 17.6 Å². The maximum absolute atomic E-state index is 12.5. The third-order valence-corrected chi connectivity index (χ3v) is 6.14. The molecule has 1 aliphatic heterocycles. The monoisotopic (exact) mass is 492 g/mol. The van der Waals surface area contributed by atoms with E-state index in [-0.39, 0.29) is 11.9 Å². The van der Waals surface area contributed by atoms with Gasteiger partial charge in [0, 0.05) is 44.2 Å². The highest BCUT2D eigenvalue weighted by Crippen LogP contribution is 2.23. The second-order valence-electron chi connectivity index (χ2n) is 8.70. The van der Waals surface area contributed by atoms with Gasteiger partial charge in [0.15, 0.2) is 5.82 Å². The van der Waals surface area contributed by atoms with E-state index in [0.717, 1.165) is 25.2 Å². The molecule has 10 nitrogen and oxygen atoms in total. The lowest BCUT2D eigenvalue weighted by Gasteiger charge is -2.18. The molecule has 1 aliphatic rings. The Hall–Kier alpha value is -3.92. The molecule has 0 saturated carbocycles. The zero-order valence-electron chi connectivity index (χ0n) is 20.7. The normalized spacial score (nSPS) is 13.4. The Kier molecular flexibility index (Phi) is 8.51. The van der Waals surface area contributed by atoms with Gasteiger partial charge in [-0.25, -0.2) is 4.79 Å². The van der Waals surface area contributed by atoms with Crippen LogP contribution in [0.3, 0.4) is 0 Å². The number of urea groups is 1. The highest BCUT2D eigenvalue weighted by molar-refractivity contribution is 5.94. The van der Waals surface area contributed by atoms with E-state index in [9.17, 15) is 9.59 Å². The molecule has 10 heteroatoms. The van der Waals surface area contributed by atoms with Crippen LogP contribution < -0.4 is 15.4 Å². The fourth-order valence-electron chi connectivity index (χ4n) is 4.00. The zero-order chi connectivity index (χ0) is 25.3. The number of methoxy groups -OCH3 is 1. The summed E-state index contributed by atoms with van der Waals surface area (Å²) in [5.41, 5.74) is 1.91. The van der Waals surface area contributed by atoms with E-state index in [1.165, 1.54) is 12.8 Å². The van der Waals surface area contributed by atoms with Crippen molar-refractivity contribution in [3.05, 3.63) is 59.9 Å². The molecule has 0 bridgehead atoms. The van der Waals surface area contributed by atoms with Gasteiger partial charge < -0.3 is 29.7 Å². The molecule has 2 aromatic carbocycles. The number of anilines is 1. The van der Waals surface area contributed by atoms with Crippen LogP contribution in [0.4, 0.5) is 10.5 Å². The minimum Gasteiger partial charge on any atom is -0.495 e. The third-order valence-electron chi connectivity index (χ3n) is 6.14. The molecule has 0 radical (unpaired) electrons. The molecule has 1 saturated heterocycles. The number of hydrogen-bond acceptors (Lipinski definition) is 7. The second kappa shape index (κ2) is 12.2. The first-order valence-corrected chi connectivity index (χ1v) is 12.1. The average molecular weight is 493 g/mol. The van der Waals surface area contributed by atoms with Gasteiger partial charge in [0.25, 0.3) is 11.8 Å². The number of hydrogen-bond donors (Lipinski definition) is 2. The summed E-state index contributed by atoms with van der Waals surface area (Å²) in [6, 6.07) is 14.0. The number of nitrogens with zero attached hydrogens (tertiary/aromatic N) is 4. The van der Waals surface area contributed by atoms with Crippen molar-refractivity contribution < 1.29 is 18.8 Å². The zero-order valence-corrected chi connectivity index (χ0v) is 20.7. The van der Waals surface area contributed by atoms with Gasteiger partial charge in [-0.1, -0.05) is 17.3 Å². The summed E-state index contributed by atoms with van der Waals surface area (Å²) in [4.78, 5) is 33.2. The quantitative estimate of drug-likeness (QED) is 0.447. The van der Waals surface area contributed by atoms with E-state index in [0.29, 0.717) is 48.2 Å². The molecule has 2 N–H and O–H groups in total. The van der Waals surface area contributed by atoms with Crippen LogP contribution in [0.25, 0.3) is 11.5 Å². The fourth-order valence-corrected chi connectivity index (χ4v) is 4.00. The van der Waals surface area contributed by atoms with Crippen LogP contribution in [0, 0.1) is 0 Å². The molecule has 0 aliphatic carbocycles. The van der Waals surface area contributed by atoms with Gasteiger partial charge in [-0.15, -0.1) is 0 Å². The van der Waals surface area contributed by atoms with Crippen molar-refractivity contribution in [3.8, 4) is 17.2 Å². The Morgan fingerprint density at radius 1 is 1.11 bits per heavy atom. The predicted octanol–water partition coefficient (Wildman–Crippen LogP) is 3.28. The Morgan fingerprint density at radius 2 is 1.86 bits per heavy atom. The number of para-hydroxylation sites is 2. The molecule has 0 atom stereocenters. The average Bonchev–Trinajstić information content (AvgIpc) is 3.60. The van der Waals surface area contributed by atoms with Crippen molar-refractivity contribution in [2.75, 3.05) is 52.2 Å². The number of likely N-dealkylation sites (tertiary alicyclic amines) is 1. The summed E-state index contributed by atoms with van der Waals surface area (Å²) in [6.45, 7) is 4.15. The number of aromatic nitrogens is 2. The number of likely N-dealkylation sites (N-methyl/N-ethyl adjacent to an activating group) is 1. The van der Waals surface area contributed by atoms with Crippen molar-refractivity contribution in [1.29, 1.82) is 0 Å². The van der Waals surface area contributed by atoms with Crippen molar-refractivity contribution in [2.24, 2.45) is 0 Å². The topological polar surface area (TPSA) is 113 Å². The molecular weight excluding hydrogens is 460 g/mol. The number of amides is 3. The summed E-state index contributed by atoms with van der Waals surface area (Å²) in [5.74, 6) is 1.35. The second-order valence-corrected chi connectivity index (χ2v) is 8.70. The number of benzene rings is 2. The molecule has 1 aromatic heterocycles. The smallest absolute Gasteiger partial charge is 0.321 e. The number of ether oxygens (including phenoxy) is 1. The fraction of sp³-hybridized carbons (Fsp3) is 0.385. The Labute approximate surface area is 210 Å². The number of carbonyl (C=O) groups is 2. The van der Waals surface area contributed by atoms with Crippen molar-refractivity contribution in [3.63, 3.8) is 0 Å². The highest BCUT2D eigenvalue weighted by atomic mass is 16.5. The molecule has 3 amide bonds. The van der Waals surface area contributed by atoms with Gasteiger partial charge in [-0.05, 0) is 62.3 Å². The van der Waals surface area contributed by atoms with Crippen LogP contribution in [0.1, 0.15) is 29.0 Å². The largest absolute Gasteiger partial charge is 0.495 e. The summed E-state index contributed by atoms with van der Waals surface area (Å²) in [5, 5.41) is 9.83. The molecule has 0 spiro atoms. The molecule has 4 rings (SSSR count). The van der Waals surface area contributed by atoms with Gasteiger partial charge in [-0.3, -0.25) is 4.79 Å². The lowest BCUT2D eigenvalue weighted by molar-refractivity contribution is 0.0949. The SMILES string of the molecule is COc1ccccc1NC(=O)N(C)CCc1noc(-c2ccc(C(=O)NCCN3CCCC3)cc2)n1. The van der Waals surface area contributed by atoms with Crippen molar-refractivity contribution in [2.45, 2.75) is 19.3 Å². The van der Waals surface area contributed by atoms with Crippen LogP contribution in [0.5, 0.6) is 5.75 Å². The first-order chi connectivity index (χ1) is 17.5. The highest BCUT2D eigenvalue weighted by Gasteiger charge is 2.15. The van der Waals surface area contributed by atoms with Gasteiger partial charge in [-0.2, -0.15) is 4.98 Å². The summed E-state index contributed by atoms with van der Waals surface area (Å²) < 4.78 is 10.7. The number of nitrogens with one attached hydrogen (secondary N) is 2. The molecule has 190 valence electrons. The first-order valence-electron chi connectivity index (χ1n) is 12.1. The molecular formula is C26H32N6O4. The van der Waals surface area contributed by atoms with E-state index in [1.54, 1.807) is 55.5 Å². The summed E-state index contributed by atoms with van der Waals surface area (Å²) in [7, 11) is 3.25. The van der Waals surface area contributed by atoms with E-state index in [4.69, 9.17) is 9.26 Å². The maximum Gasteiger partial charge on any atom is 0.321 e. The molecule has 3 aromatic rings. The standard InChI is InChI=1S/C26H32N6O4/c1-31(26(34)28-21-7-3-4-8-22(21)35-2)17-13-23-29-25(36-30-23)20-11-9-19(10-12-20)24(33)27-14-18-32-15-5-6-16-32/h3-4,7-12H,5-6,13-18H2,1-2H3,(H,27,33)(H,28,34). The van der Waals surface area contributed by atoms with Crippen LogP contribution in [0.2, 0.25) is 0 Å². The lowest BCUT2D eigenvalue weighted by Crippen LogP contribution is -2.33. The van der Waals surface area contributed by atoms with E-state index < -0.39 is 0 Å². The molecule has 0 unspecified atom stereocenters. The third kappa shape index (κ3) is 6.60.